The van der Waals surface area contributed by atoms with Crippen molar-refractivity contribution in [1.82, 2.24) is 9.78 Å². The highest BCUT2D eigenvalue weighted by molar-refractivity contribution is 7.98. The lowest BCUT2D eigenvalue weighted by atomic mass is 10.1. The highest BCUT2D eigenvalue weighted by atomic mass is 35.5. The number of hydrogen-bond donors (Lipinski definition) is 1. The van der Waals surface area contributed by atoms with Crippen molar-refractivity contribution in [3.05, 3.63) is 64.3 Å². The smallest absolute Gasteiger partial charge is 0.276 e. The number of thioether (sulfide) groups is 1. The molecule has 0 saturated carbocycles. The number of nitrogens with zero attached hydrogens (tertiary/aromatic N) is 2. The van der Waals surface area contributed by atoms with Gasteiger partial charge in [0, 0.05) is 39.5 Å². The van der Waals surface area contributed by atoms with Crippen LogP contribution in [0.3, 0.4) is 0 Å². The number of hydrogen-bond acceptors (Lipinski definition) is 3. The Balaban J connectivity index is 1.72. The summed E-state index contributed by atoms with van der Waals surface area (Å²) in [7, 11) is 1.86. The highest BCUT2D eigenvalue weighted by Gasteiger charge is 2.27. The van der Waals surface area contributed by atoms with Gasteiger partial charge in [-0.05, 0) is 37.3 Å². The Morgan fingerprint density at radius 3 is 2.76 bits per heavy atom. The molecule has 0 fully saturated rings. The first-order valence-corrected chi connectivity index (χ1v) is 9.26. The fourth-order valence-electron chi connectivity index (χ4n) is 3.01. The molecule has 1 aromatic heterocycles. The summed E-state index contributed by atoms with van der Waals surface area (Å²) < 4.78 is 1.77. The number of amides is 1. The molecule has 0 radical (unpaired) electrons. The number of anilines is 1. The van der Waals surface area contributed by atoms with Crippen LogP contribution in [-0.4, -0.2) is 15.7 Å². The summed E-state index contributed by atoms with van der Waals surface area (Å²) in [6, 6.07) is 13.6. The van der Waals surface area contributed by atoms with Crippen LogP contribution in [0.5, 0.6) is 0 Å². The quantitative estimate of drug-likeness (QED) is 0.698. The molecule has 0 bridgehead atoms. The third-order valence-electron chi connectivity index (χ3n) is 4.24. The Hall–Kier alpha value is -2.24. The van der Waals surface area contributed by atoms with E-state index in [4.69, 9.17) is 11.6 Å². The van der Waals surface area contributed by atoms with Gasteiger partial charge in [-0.2, -0.15) is 5.10 Å². The number of fused-ring (bicyclic) bond motifs is 3. The minimum absolute atomic E-state index is 0.188. The summed E-state index contributed by atoms with van der Waals surface area (Å²) in [6.07, 6.45) is 0. The van der Waals surface area contributed by atoms with Crippen molar-refractivity contribution in [2.24, 2.45) is 7.05 Å². The number of carbonyl (C=O) groups is 1. The zero-order valence-corrected chi connectivity index (χ0v) is 15.4. The fourth-order valence-corrected chi connectivity index (χ4v) is 4.23. The molecule has 0 atom stereocenters. The van der Waals surface area contributed by atoms with Crippen molar-refractivity contribution in [2.45, 2.75) is 17.6 Å². The molecule has 3 aromatic rings. The number of carbonyl (C=O) groups excluding carboxylic acids is 1. The van der Waals surface area contributed by atoms with Crippen LogP contribution in [-0.2, 0) is 12.8 Å². The van der Waals surface area contributed by atoms with E-state index in [1.807, 2.05) is 56.4 Å². The van der Waals surface area contributed by atoms with Crippen molar-refractivity contribution in [3.8, 4) is 11.3 Å². The maximum atomic E-state index is 12.7. The molecular weight excluding hydrogens is 354 g/mol. The van der Waals surface area contributed by atoms with Gasteiger partial charge in [0.15, 0.2) is 5.69 Å². The molecule has 25 heavy (non-hydrogen) atoms. The van der Waals surface area contributed by atoms with Crippen LogP contribution in [0.15, 0.2) is 47.4 Å². The lowest BCUT2D eigenvalue weighted by Crippen LogP contribution is -2.14. The van der Waals surface area contributed by atoms with Gasteiger partial charge in [0.1, 0.15) is 0 Å². The molecule has 0 spiro atoms. The van der Waals surface area contributed by atoms with Gasteiger partial charge < -0.3 is 5.32 Å². The number of halogens is 1. The van der Waals surface area contributed by atoms with Crippen LogP contribution in [0.2, 0.25) is 5.02 Å². The molecule has 6 heteroatoms. The molecule has 0 saturated heterocycles. The van der Waals surface area contributed by atoms with Crippen LogP contribution in [0, 0.1) is 6.92 Å². The lowest BCUT2D eigenvalue weighted by Gasteiger charge is -2.17. The number of aryl methyl sites for hydroxylation is 2. The van der Waals surface area contributed by atoms with E-state index in [-0.39, 0.29) is 5.91 Å². The van der Waals surface area contributed by atoms with Gasteiger partial charge in [0.25, 0.3) is 5.91 Å². The normalized spacial score (nSPS) is 12.4. The van der Waals surface area contributed by atoms with E-state index < -0.39 is 0 Å². The van der Waals surface area contributed by atoms with Crippen molar-refractivity contribution in [2.75, 3.05) is 5.32 Å². The van der Waals surface area contributed by atoms with Gasteiger partial charge in [-0.15, -0.1) is 11.8 Å². The zero-order valence-electron chi connectivity index (χ0n) is 13.8. The van der Waals surface area contributed by atoms with E-state index in [1.54, 1.807) is 16.4 Å². The molecule has 4 rings (SSSR count). The van der Waals surface area contributed by atoms with Gasteiger partial charge in [-0.25, -0.2) is 0 Å². The van der Waals surface area contributed by atoms with Gasteiger partial charge in [-0.3, -0.25) is 9.48 Å². The van der Waals surface area contributed by atoms with Crippen molar-refractivity contribution in [1.29, 1.82) is 0 Å². The number of benzene rings is 2. The number of aromatic nitrogens is 2. The maximum Gasteiger partial charge on any atom is 0.276 e. The van der Waals surface area contributed by atoms with E-state index in [9.17, 15) is 4.79 Å². The van der Waals surface area contributed by atoms with E-state index in [0.717, 1.165) is 33.0 Å². The minimum Gasteiger partial charge on any atom is -0.321 e. The molecular formula is C19H16ClN3OS. The van der Waals surface area contributed by atoms with Crippen LogP contribution in [0.25, 0.3) is 11.3 Å². The number of nitrogens with one attached hydrogen (secondary N) is 1. The summed E-state index contributed by atoms with van der Waals surface area (Å²) in [4.78, 5) is 13.9. The molecule has 1 aliphatic rings. The number of rotatable bonds is 2. The predicted octanol–water partition coefficient (Wildman–Crippen LogP) is 4.91. The summed E-state index contributed by atoms with van der Waals surface area (Å²) in [5.74, 6) is 0.529. The monoisotopic (exact) mass is 369 g/mol. The summed E-state index contributed by atoms with van der Waals surface area (Å²) >= 11 is 7.87. The Bertz CT molecular complexity index is 979. The third kappa shape index (κ3) is 2.94. The molecule has 0 aliphatic carbocycles. The average molecular weight is 370 g/mol. The predicted molar refractivity (Wildman–Crippen MR) is 102 cm³/mol. The Morgan fingerprint density at radius 2 is 2.00 bits per heavy atom. The molecule has 0 unspecified atom stereocenters. The second kappa shape index (κ2) is 6.24. The van der Waals surface area contributed by atoms with Crippen LogP contribution < -0.4 is 5.32 Å². The molecule has 1 amide bonds. The molecule has 2 aromatic carbocycles. The van der Waals surface area contributed by atoms with Crippen molar-refractivity contribution < 1.29 is 4.79 Å². The molecule has 126 valence electrons. The Kier molecular flexibility index (Phi) is 4.06. The van der Waals surface area contributed by atoms with Gasteiger partial charge in [0.05, 0.1) is 5.69 Å². The second-order valence-electron chi connectivity index (χ2n) is 6.05. The Labute approximate surface area is 155 Å². The molecule has 2 heterocycles. The first-order chi connectivity index (χ1) is 12.0. The largest absolute Gasteiger partial charge is 0.321 e. The standard InChI is InChI=1S/C19H16ClN3OS/c1-11-3-6-13(7-4-11)21-19(24)17-15-10-25-16-8-5-12(20)9-14(16)18(15)23(2)22-17/h3-9H,10H2,1-2H3,(H,21,24). The summed E-state index contributed by atoms with van der Waals surface area (Å²) in [5.41, 5.74) is 5.33. The zero-order chi connectivity index (χ0) is 17.6. The molecule has 1 N–H and O–H groups in total. The third-order valence-corrected chi connectivity index (χ3v) is 5.57. The highest BCUT2D eigenvalue weighted by Crippen LogP contribution is 2.43. The maximum absolute atomic E-state index is 12.7. The SMILES string of the molecule is Cc1ccc(NC(=O)c2nn(C)c3c2CSc2ccc(Cl)cc2-3)cc1. The topological polar surface area (TPSA) is 46.9 Å². The van der Waals surface area contributed by atoms with Gasteiger partial charge in [-0.1, -0.05) is 29.3 Å². The van der Waals surface area contributed by atoms with Crippen LogP contribution in [0.1, 0.15) is 21.6 Å². The van der Waals surface area contributed by atoms with E-state index in [1.165, 1.54) is 0 Å². The molecule has 4 nitrogen and oxygen atoms in total. The first-order valence-electron chi connectivity index (χ1n) is 7.89. The average Bonchev–Trinajstić information content (AvgIpc) is 2.94. The molecule has 1 aliphatic heterocycles. The van der Waals surface area contributed by atoms with Crippen molar-refractivity contribution >= 4 is 35.0 Å². The van der Waals surface area contributed by atoms with Crippen LogP contribution in [0.4, 0.5) is 5.69 Å². The first kappa shape index (κ1) is 16.2. The summed E-state index contributed by atoms with van der Waals surface area (Å²) in [5, 5.41) is 8.10. The van der Waals surface area contributed by atoms with Gasteiger partial charge in [0.2, 0.25) is 0 Å². The minimum atomic E-state index is -0.188. The van der Waals surface area contributed by atoms with Crippen LogP contribution >= 0.6 is 23.4 Å². The Morgan fingerprint density at radius 1 is 1.24 bits per heavy atom. The van der Waals surface area contributed by atoms with E-state index in [2.05, 4.69) is 10.4 Å². The second-order valence-corrected chi connectivity index (χ2v) is 7.50. The van der Waals surface area contributed by atoms with Crippen molar-refractivity contribution in [3.63, 3.8) is 0 Å². The van der Waals surface area contributed by atoms with Gasteiger partial charge >= 0.3 is 0 Å². The lowest BCUT2D eigenvalue weighted by molar-refractivity contribution is 0.102. The fraction of sp³-hybridized carbons (Fsp3) is 0.158. The summed E-state index contributed by atoms with van der Waals surface area (Å²) in [6.45, 7) is 2.01. The van der Waals surface area contributed by atoms with E-state index in [0.29, 0.717) is 16.5 Å². The van der Waals surface area contributed by atoms with E-state index >= 15 is 0 Å².